The van der Waals surface area contributed by atoms with Crippen molar-refractivity contribution in [1.82, 2.24) is 9.80 Å². The molecule has 1 aliphatic heterocycles. The first kappa shape index (κ1) is 35.4. The molecule has 0 aromatic carbocycles. The molecule has 0 saturated carbocycles. The Kier molecular flexibility index (Phi) is 26.0. The summed E-state index contributed by atoms with van der Waals surface area (Å²) in [7, 11) is 0. The summed E-state index contributed by atoms with van der Waals surface area (Å²) in [6.07, 6.45) is 45.6. The highest BCUT2D eigenvalue weighted by atomic mass is 15.4. The molecule has 0 amide bonds. The van der Waals surface area contributed by atoms with Gasteiger partial charge in [-0.2, -0.15) is 0 Å². The first-order valence-corrected chi connectivity index (χ1v) is 18.0. The molecule has 1 atom stereocenters. The fourth-order valence-corrected chi connectivity index (χ4v) is 6.25. The molecule has 0 aromatic rings. The fourth-order valence-electron chi connectivity index (χ4n) is 6.25. The Hall–Kier alpha value is -0.660. The fraction of sp³-hybridized carbons (Fsp3) is 0.944. The van der Waals surface area contributed by atoms with Crippen molar-refractivity contribution in [2.24, 2.45) is 0 Å². The Morgan fingerprint density at radius 3 is 1.03 bits per heavy atom. The topological polar surface area (TPSA) is 6.48 Å². The number of hydrogen-bond donors (Lipinski definition) is 0. The Morgan fingerprint density at radius 2 is 0.658 bits per heavy atom. The van der Waals surface area contributed by atoms with Crippen LogP contribution in [0.2, 0.25) is 0 Å². The number of rotatable bonds is 30. The molecule has 1 rings (SSSR count). The minimum Gasteiger partial charge on any atom is -0.356 e. The van der Waals surface area contributed by atoms with Gasteiger partial charge in [-0.3, -0.25) is 0 Å². The van der Waals surface area contributed by atoms with Crippen LogP contribution >= 0.6 is 0 Å². The molecule has 1 unspecified atom stereocenters. The third-order valence-electron chi connectivity index (χ3n) is 8.78. The lowest BCUT2D eigenvalue weighted by Gasteiger charge is -2.33. The van der Waals surface area contributed by atoms with Gasteiger partial charge in [-0.1, -0.05) is 175 Å². The second-order valence-electron chi connectivity index (χ2n) is 12.5. The molecule has 2 heteroatoms. The minimum absolute atomic E-state index is 0.639. The van der Waals surface area contributed by atoms with Crippen molar-refractivity contribution in [3.63, 3.8) is 0 Å². The van der Waals surface area contributed by atoms with E-state index in [4.69, 9.17) is 0 Å². The molecule has 1 aliphatic rings. The van der Waals surface area contributed by atoms with E-state index in [9.17, 15) is 0 Å². The highest BCUT2D eigenvalue weighted by molar-refractivity contribution is 4.96. The minimum atomic E-state index is 0.639. The summed E-state index contributed by atoms with van der Waals surface area (Å²) in [5.74, 6) is 0. The molecule has 0 spiro atoms. The SMILES string of the molecule is CCCCCCCCCCCCCCCC1N(CCC)C=CN1CCCCCCCCCCCCCCC. The van der Waals surface area contributed by atoms with E-state index in [0.29, 0.717) is 6.17 Å². The van der Waals surface area contributed by atoms with Crippen LogP contribution in [-0.2, 0) is 0 Å². The molecule has 226 valence electrons. The Bertz CT molecular complexity index is 488. The van der Waals surface area contributed by atoms with Crippen LogP contribution in [0, 0.1) is 0 Å². The van der Waals surface area contributed by atoms with E-state index in [0.717, 1.165) is 0 Å². The van der Waals surface area contributed by atoms with Crippen LogP contribution in [-0.4, -0.2) is 29.1 Å². The van der Waals surface area contributed by atoms with Crippen LogP contribution < -0.4 is 0 Å². The molecule has 0 radical (unpaired) electrons. The van der Waals surface area contributed by atoms with Gasteiger partial charge in [0.25, 0.3) is 0 Å². The first-order chi connectivity index (χ1) is 18.8. The second kappa shape index (κ2) is 27.9. The van der Waals surface area contributed by atoms with Gasteiger partial charge in [0, 0.05) is 25.5 Å². The summed E-state index contributed by atoms with van der Waals surface area (Å²) in [5, 5.41) is 0. The zero-order valence-corrected chi connectivity index (χ0v) is 26.8. The van der Waals surface area contributed by atoms with E-state index in [1.165, 1.54) is 193 Å². The van der Waals surface area contributed by atoms with Crippen LogP contribution in [0.25, 0.3) is 0 Å². The highest BCUT2D eigenvalue weighted by Crippen LogP contribution is 2.23. The summed E-state index contributed by atoms with van der Waals surface area (Å²) in [5.41, 5.74) is 0. The average molecular weight is 533 g/mol. The maximum Gasteiger partial charge on any atom is 0.101 e. The predicted molar refractivity (Wildman–Crippen MR) is 173 cm³/mol. The van der Waals surface area contributed by atoms with Gasteiger partial charge >= 0.3 is 0 Å². The summed E-state index contributed by atoms with van der Waals surface area (Å²) in [6.45, 7) is 9.42. The highest BCUT2D eigenvalue weighted by Gasteiger charge is 2.24. The molecule has 2 nitrogen and oxygen atoms in total. The number of hydrogen-bond acceptors (Lipinski definition) is 2. The van der Waals surface area contributed by atoms with Gasteiger partial charge in [0.2, 0.25) is 0 Å². The van der Waals surface area contributed by atoms with Crippen LogP contribution in [0.3, 0.4) is 0 Å². The molecule has 38 heavy (non-hydrogen) atoms. The summed E-state index contributed by atoms with van der Waals surface area (Å²) < 4.78 is 0. The predicted octanol–water partition coefficient (Wildman–Crippen LogP) is 12.4. The molecule has 0 N–H and O–H groups in total. The quantitative estimate of drug-likeness (QED) is 0.0848. The molecular formula is C36H72N2. The van der Waals surface area contributed by atoms with Crippen LogP contribution in [0.15, 0.2) is 12.4 Å². The maximum atomic E-state index is 2.68. The average Bonchev–Trinajstić information content (AvgIpc) is 3.30. The largest absolute Gasteiger partial charge is 0.356 e. The monoisotopic (exact) mass is 533 g/mol. The van der Waals surface area contributed by atoms with E-state index < -0.39 is 0 Å². The molecule has 0 aromatic heterocycles. The van der Waals surface area contributed by atoms with Gasteiger partial charge in [-0.25, -0.2) is 0 Å². The molecular weight excluding hydrogens is 460 g/mol. The standard InChI is InChI=1S/C36H72N2/c1-4-7-9-11-13-15-17-19-21-23-25-27-29-31-36-37(32-6-3)34-35-38(36)33-30-28-26-24-22-20-18-16-14-12-10-8-5-2/h34-36H,4-33H2,1-3H3. The third-order valence-corrected chi connectivity index (χ3v) is 8.78. The van der Waals surface area contributed by atoms with Gasteiger partial charge in [-0.15, -0.1) is 0 Å². The smallest absolute Gasteiger partial charge is 0.101 e. The van der Waals surface area contributed by atoms with Crippen molar-refractivity contribution >= 4 is 0 Å². The third kappa shape index (κ3) is 20.3. The van der Waals surface area contributed by atoms with Crippen molar-refractivity contribution in [1.29, 1.82) is 0 Å². The van der Waals surface area contributed by atoms with Crippen LogP contribution in [0.1, 0.15) is 201 Å². The Morgan fingerprint density at radius 1 is 0.342 bits per heavy atom. The molecule has 0 aliphatic carbocycles. The first-order valence-electron chi connectivity index (χ1n) is 18.0. The van der Waals surface area contributed by atoms with E-state index >= 15 is 0 Å². The van der Waals surface area contributed by atoms with Crippen molar-refractivity contribution in [3.05, 3.63) is 12.4 Å². The Balaban J connectivity index is 2.01. The summed E-state index contributed by atoms with van der Waals surface area (Å²) >= 11 is 0. The lowest BCUT2D eigenvalue weighted by molar-refractivity contribution is 0.137. The zero-order chi connectivity index (χ0) is 27.4. The van der Waals surface area contributed by atoms with E-state index in [1.54, 1.807) is 0 Å². The Labute approximate surface area is 241 Å². The second-order valence-corrected chi connectivity index (χ2v) is 12.5. The molecule has 1 heterocycles. The molecule has 0 bridgehead atoms. The lowest BCUT2D eigenvalue weighted by atomic mass is 10.0. The van der Waals surface area contributed by atoms with Gasteiger partial charge in [-0.05, 0) is 25.7 Å². The van der Waals surface area contributed by atoms with Gasteiger partial charge in [0.15, 0.2) is 0 Å². The number of nitrogens with zero attached hydrogens (tertiary/aromatic N) is 2. The number of unbranched alkanes of at least 4 members (excludes halogenated alkanes) is 24. The molecule has 0 saturated heterocycles. The van der Waals surface area contributed by atoms with Crippen molar-refractivity contribution < 1.29 is 0 Å². The van der Waals surface area contributed by atoms with Crippen LogP contribution in [0.5, 0.6) is 0 Å². The van der Waals surface area contributed by atoms with E-state index in [1.807, 2.05) is 0 Å². The van der Waals surface area contributed by atoms with Crippen molar-refractivity contribution in [2.45, 2.75) is 207 Å². The van der Waals surface area contributed by atoms with Crippen LogP contribution in [0.4, 0.5) is 0 Å². The zero-order valence-electron chi connectivity index (χ0n) is 26.8. The van der Waals surface area contributed by atoms with Gasteiger partial charge in [0.1, 0.15) is 6.17 Å². The normalized spacial score (nSPS) is 15.3. The lowest BCUT2D eigenvalue weighted by Crippen LogP contribution is -2.39. The maximum absolute atomic E-state index is 2.68. The van der Waals surface area contributed by atoms with Crippen molar-refractivity contribution in [2.75, 3.05) is 13.1 Å². The summed E-state index contributed by atoms with van der Waals surface area (Å²) in [4.78, 5) is 5.30. The van der Waals surface area contributed by atoms with Crippen molar-refractivity contribution in [3.8, 4) is 0 Å². The molecule has 0 fully saturated rings. The van der Waals surface area contributed by atoms with E-state index in [-0.39, 0.29) is 0 Å². The van der Waals surface area contributed by atoms with Gasteiger partial charge in [0.05, 0.1) is 0 Å². The van der Waals surface area contributed by atoms with E-state index in [2.05, 4.69) is 43.0 Å². The van der Waals surface area contributed by atoms with Gasteiger partial charge < -0.3 is 9.80 Å². The summed E-state index contributed by atoms with van der Waals surface area (Å²) in [6, 6.07) is 0.